The van der Waals surface area contributed by atoms with Crippen molar-refractivity contribution in [3.05, 3.63) is 99.0 Å². The number of fused-ring (bicyclic) bond motifs is 2. The minimum Gasteiger partial charge on any atom is -0.395 e. The summed E-state index contributed by atoms with van der Waals surface area (Å²) in [7, 11) is 0. The smallest absolute Gasteiger partial charge is 0.239 e. The Labute approximate surface area is 230 Å². The van der Waals surface area contributed by atoms with Crippen molar-refractivity contribution in [3.8, 4) is 0 Å². The molecule has 3 aromatic carbocycles. The molecule has 2 aliphatic heterocycles. The Morgan fingerprint density at radius 2 is 1.84 bits per heavy atom. The van der Waals surface area contributed by atoms with Crippen LogP contribution >= 0.6 is 23.2 Å². The summed E-state index contributed by atoms with van der Waals surface area (Å²) in [5, 5.41) is 15.8. The summed E-state index contributed by atoms with van der Waals surface area (Å²) in [6, 6.07) is 19.3. The molecule has 3 amide bonds. The molecule has 0 bridgehead atoms. The number of nitrogens with one attached hydrogen (secondary N) is 2. The van der Waals surface area contributed by atoms with Gasteiger partial charge in [0.15, 0.2) is 0 Å². The molecule has 3 atom stereocenters. The van der Waals surface area contributed by atoms with Crippen molar-refractivity contribution in [2.24, 2.45) is 0 Å². The molecule has 7 nitrogen and oxygen atoms in total. The first-order valence-electron chi connectivity index (χ1n) is 12.4. The highest BCUT2D eigenvalue weighted by atomic mass is 35.5. The number of anilines is 1. The summed E-state index contributed by atoms with van der Waals surface area (Å²) in [6.45, 7) is 1.50. The number of nitrogens with zero attached hydrogens (tertiary/aromatic N) is 1. The van der Waals surface area contributed by atoms with Crippen molar-refractivity contribution in [1.82, 2.24) is 10.2 Å². The van der Waals surface area contributed by atoms with Crippen LogP contribution < -0.4 is 10.6 Å². The van der Waals surface area contributed by atoms with E-state index in [1.165, 1.54) is 4.90 Å². The van der Waals surface area contributed by atoms with E-state index in [1.807, 2.05) is 49.4 Å². The number of piperidine rings is 1. The highest BCUT2D eigenvalue weighted by molar-refractivity contribution is 6.31. The minimum absolute atomic E-state index is 0.00844. The first kappa shape index (κ1) is 26.2. The van der Waals surface area contributed by atoms with Crippen LogP contribution in [0.2, 0.25) is 10.0 Å². The average molecular weight is 552 g/mol. The second-order valence-corrected chi connectivity index (χ2v) is 10.6. The highest BCUT2D eigenvalue weighted by Gasteiger charge is 2.63. The molecule has 3 N–H and O–H groups in total. The van der Waals surface area contributed by atoms with Gasteiger partial charge < -0.3 is 20.6 Å². The molecule has 38 heavy (non-hydrogen) atoms. The van der Waals surface area contributed by atoms with Gasteiger partial charge >= 0.3 is 0 Å². The van der Waals surface area contributed by atoms with E-state index in [2.05, 4.69) is 10.6 Å². The molecular weight excluding hydrogens is 525 g/mol. The van der Waals surface area contributed by atoms with Crippen molar-refractivity contribution in [2.75, 3.05) is 25.0 Å². The van der Waals surface area contributed by atoms with Gasteiger partial charge in [0, 0.05) is 34.6 Å². The lowest BCUT2D eigenvalue weighted by Gasteiger charge is -2.51. The molecule has 1 saturated heterocycles. The quantitative estimate of drug-likeness (QED) is 0.424. The highest BCUT2D eigenvalue weighted by Crippen LogP contribution is 2.60. The number of aliphatic hydroxyl groups excluding tert-OH is 1. The fraction of sp³-hybridized carbons (Fsp3) is 0.276. The third-order valence-electron chi connectivity index (χ3n) is 7.52. The molecule has 3 aromatic rings. The number of likely N-dealkylation sites (tertiary alicyclic amines) is 1. The summed E-state index contributed by atoms with van der Waals surface area (Å²) in [6.07, 6.45) is -0.00844. The SMILES string of the molecule is Cc1ccccc1[C@H]1N(CC(=O)NCCO)C(=O)C[C@@H](c2cccc(Cl)c2)[C@]12C(=O)Nc1cc(Cl)ccc12. The summed E-state index contributed by atoms with van der Waals surface area (Å²) < 4.78 is 0. The average Bonchev–Trinajstić information content (AvgIpc) is 3.16. The second-order valence-electron chi connectivity index (χ2n) is 9.68. The number of aliphatic hydroxyl groups is 1. The van der Waals surface area contributed by atoms with Crippen molar-refractivity contribution >= 4 is 46.6 Å². The lowest BCUT2D eigenvalue weighted by Crippen LogP contribution is -2.60. The van der Waals surface area contributed by atoms with Crippen LogP contribution in [0.15, 0.2) is 66.7 Å². The number of carbonyl (C=O) groups is 3. The Morgan fingerprint density at radius 1 is 1.08 bits per heavy atom. The van der Waals surface area contributed by atoms with Gasteiger partial charge in [0.2, 0.25) is 17.7 Å². The van der Waals surface area contributed by atoms with E-state index in [4.69, 9.17) is 23.2 Å². The lowest BCUT2D eigenvalue weighted by molar-refractivity contribution is -0.149. The molecule has 9 heteroatoms. The maximum atomic E-state index is 14.3. The molecule has 1 spiro atoms. The number of rotatable bonds is 6. The minimum atomic E-state index is -1.28. The summed E-state index contributed by atoms with van der Waals surface area (Å²) in [4.78, 5) is 42.6. The van der Waals surface area contributed by atoms with Gasteiger partial charge in [-0.25, -0.2) is 0 Å². The predicted octanol–water partition coefficient (Wildman–Crippen LogP) is 4.36. The Kier molecular flexibility index (Phi) is 7.18. The van der Waals surface area contributed by atoms with Gasteiger partial charge in [0.25, 0.3) is 0 Å². The summed E-state index contributed by atoms with van der Waals surface area (Å²) in [5.74, 6) is -1.53. The number of amides is 3. The van der Waals surface area contributed by atoms with Crippen LogP contribution in [0.5, 0.6) is 0 Å². The van der Waals surface area contributed by atoms with E-state index < -0.39 is 23.3 Å². The maximum Gasteiger partial charge on any atom is 0.239 e. The first-order chi connectivity index (χ1) is 18.3. The molecule has 0 radical (unpaired) electrons. The fourth-order valence-corrected chi connectivity index (χ4v) is 6.35. The number of hydrogen-bond acceptors (Lipinski definition) is 4. The van der Waals surface area contributed by atoms with Crippen LogP contribution in [0, 0.1) is 6.92 Å². The first-order valence-corrected chi connectivity index (χ1v) is 13.1. The van der Waals surface area contributed by atoms with Crippen LogP contribution in [0.1, 0.15) is 40.6 Å². The molecule has 2 aliphatic rings. The normalized spacial score (nSPS) is 22.4. The fourth-order valence-electron chi connectivity index (χ4n) is 5.98. The number of aryl methyl sites for hydroxylation is 1. The van der Waals surface area contributed by atoms with Crippen LogP contribution in [0.4, 0.5) is 5.69 Å². The Balaban J connectivity index is 1.80. The van der Waals surface area contributed by atoms with Gasteiger partial charge in [-0.3, -0.25) is 14.4 Å². The van der Waals surface area contributed by atoms with Crippen molar-refractivity contribution in [2.45, 2.75) is 30.7 Å². The topological polar surface area (TPSA) is 98.7 Å². The van der Waals surface area contributed by atoms with Gasteiger partial charge in [-0.2, -0.15) is 0 Å². The zero-order chi connectivity index (χ0) is 27.0. The van der Waals surface area contributed by atoms with Gasteiger partial charge in [0.05, 0.1) is 12.6 Å². The molecular formula is C29H27Cl2N3O4. The van der Waals surface area contributed by atoms with Crippen LogP contribution in [0.3, 0.4) is 0 Å². The van der Waals surface area contributed by atoms with E-state index in [0.29, 0.717) is 21.3 Å². The third-order valence-corrected chi connectivity index (χ3v) is 8.00. The monoisotopic (exact) mass is 551 g/mol. The van der Waals surface area contributed by atoms with Crippen LogP contribution in [-0.2, 0) is 19.8 Å². The molecule has 2 heterocycles. The molecule has 5 rings (SSSR count). The molecule has 0 aromatic heterocycles. The van der Waals surface area contributed by atoms with Gasteiger partial charge in [-0.05, 0) is 53.4 Å². The Hall–Kier alpha value is -3.39. The number of hydrogen-bond donors (Lipinski definition) is 3. The summed E-state index contributed by atoms with van der Waals surface area (Å²) >= 11 is 12.7. The molecule has 0 saturated carbocycles. The van der Waals surface area contributed by atoms with E-state index in [9.17, 15) is 19.5 Å². The standard InChI is InChI=1S/C29H27Cl2N3O4/c1-17-5-2-3-8-21(17)27-29(22-10-9-20(31)14-24(22)33-28(29)38)23(18-6-4-7-19(30)13-18)15-26(37)34(27)16-25(36)32-11-12-35/h2-10,13-14,23,27,35H,11-12,15-16H2,1H3,(H,32,36)(H,33,38)/t23-,27+,29-/m0/s1. The number of carbonyl (C=O) groups excluding carboxylic acids is 3. The Bertz CT molecular complexity index is 1430. The van der Waals surface area contributed by atoms with Crippen molar-refractivity contribution in [3.63, 3.8) is 0 Å². The van der Waals surface area contributed by atoms with E-state index in [1.54, 1.807) is 24.3 Å². The van der Waals surface area contributed by atoms with E-state index in [0.717, 1.165) is 16.7 Å². The number of benzene rings is 3. The van der Waals surface area contributed by atoms with Crippen LogP contribution in [-0.4, -0.2) is 47.4 Å². The van der Waals surface area contributed by atoms with Crippen molar-refractivity contribution in [1.29, 1.82) is 0 Å². The largest absolute Gasteiger partial charge is 0.395 e. The van der Waals surface area contributed by atoms with E-state index >= 15 is 0 Å². The summed E-state index contributed by atoms with van der Waals surface area (Å²) in [5.41, 5.74) is 2.41. The zero-order valence-corrected chi connectivity index (χ0v) is 22.2. The predicted molar refractivity (Wildman–Crippen MR) is 146 cm³/mol. The molecule has 0 unspecified atom stereocenters. The van der Waals surface area contributed by atoms with Gasteiger partial charge in [0.1, 0.15) is 12.0 Å². The van der Waals surface area contributed by atoms with E-state index in [-0.39, 0.29) is 37.9 Å². The zero-order valence-electron chi connectivity index (χ0n) is 20.7. The maximum absolute atomic E-state index is 14.3. The molecule has 0 aliphatic carbocycles. The van der Waals surface area contributed by atoms with Crippen LogP contribution in [0.25, 0.3) is 0 Å². The van der Waals surface area contributed by atoms with Gasteiger partial charge in [-0.1, -0.05) is 65.7 Å². The van der Waals surface area contributed by atoms with Crippen molar-refractivity contribution < 1.29 is 19.5 Å². The Morgan fingerprint density at radius 3 is 2.58 bits per heavy atom. The molecule has 1 fully saturated rings. The van der Waals surface area contributed by atoms with Gasteiger partial charge in [-0.15, -0.1) is 0 Å². The molecule has 196 valence electrons. The number of halogens is 2. The third kappa shape index (κ3) is 4.34. The second kappa shape index (κ2) is 10.4. The lowest BCUT2D eigenvalue weighted by atomic mass is 9.58.